The van der Waals surface area contributed by atoms with Crippen molar-refractivity contribution in [2.45, 2.75) is 31.1 Å². The first kappa shape index (κ1) is 16.0. The lowest BCUT2D eigenvalue weighted by Gasteiger charge is -2.16. The van der Waals surface area contributed by atoms with Crippen molar-refractivity contribution >= 4 is 17.7 Å². The van der Waals surface area contributed by atoms with Crippen LogP contribution < -0.4 is 5.32 Å². The highest BCUT2D eigenvalue weighted by molar-refractivity contribution is 7.99. The molecule has 0 aliphatic carbocycles. The van der Waals surface area contributed by atoms with Gasteiger partial charge in [0.05, 0.1) is 5.75 Å². The van der Waals surface area contributed by atoms with Crippen molar-refractivity contribution in [1.82, 2.24) is 25.4 Å². The van der Waals surface area contributed by atoms with Crippen LogP contribution in [0, 0.1) is 6.92 Å². The fourth-order valence-corrected chi connectivity index (χ4v) is 3.38. The minimum absolute atomic E-state index is 0.0454. The number of hydrogen-bond acceptors (Lipinski definition) is 5. The van der Waals surface area contributed by atoms with E-state index in [4.69, 9.17) is 0 Å². The Morgan fingerprint density at radius 1 is 1.43 bits per heavy atom. The first-order valence-corrected chi connectivity index (χ1v) is 8.75. The van der Waals surface area contributed by atoms with Gasteiger partial charge in [0, 0.05) is 25.7 Å². The summed E-state index contributed by atoms with van der Waals surface area (Å²) < 4.78 is 0. The number of aromatic amines is 1. The minimum atomic E-state index is 0.0454. The van der Waals surface area contributed by atoms with Gasteiger partial charge in [-0.05, 0) is 18.9 Å². The summed E-state index contributed by atoms with van der Waals surface area (Å²) in [6.45, 7) is 4.72. The number of likely N-dealkylation sites (tertiary alicyclic amines) is 1. The van der Waals surface area contributed by atoms with Gasteiger partial charge in [0.25, 0.3) is 0 Å². The van der Waals surface area contributed by atoms with Crippen molar-refractivity contribution in [3.05, 3.63) is 41.7 Å². The highest BCUT2D eigenvalue weighted by Gasteiger charge is 2.23. The Bertz CT molecular complexity index is 645. The average molecular weight is 331 g/mol. The molecule has 2 heterocycles. The number of benzene rings is 1. The van der Waals surface area contributed by atoms with E-state index in [1.54, 1.807) is 0 Å². The molecule has 0 radical (unpaired) electrons. The number of H-pyrrole nitrogens is 1. The Kier molecular flexibility index (Phi) is 5.30. The first-order valence-electron chi connectivity index (χ1n) is 7.76. The second-order valence-electron chi connectivity index (χ2n) is 5.77. The summed E-state index contributed by atoms with van der Waals surface area (Å²) in [6, 6.07) is 10.7. The molecule has 1 aromatic carbocycles. The van der Waals surface area contributed by atoms with E-state index in [-0.39, 0.29) is 11.9 Å². The summed E-state index contributed by atoms with van der Waals surface area (Å²) in [4.78, 5) is 18.6. The highest BCUT2D eigenvalue weighted by Crippen LogP contribution is 2.15. The fraction of sp³-hybridized carbons (Fsp3) is 0.438. The summed E-state index contributed by atoms with van der Waals surface area (Å²) >= 11 is 1.36. The second-order valence-corrected chi connectivity index (χ2v) is 6.71. The lowest BCUT2D eigenvalue weighted by atomic mass is 10.2. The summed E-state index contributed by atoms with van der Waals surface area (Å²) in [5.74, 6) is 1.16. The van der Waals surface area contributed by atoms with Crippen LogP contribution in [0.4, 0.5) is 0 Å². The van der Waals surface area contributed by atoms with Crippen molar-refractivity contribution < 1.29 is 4.79 Å². The third kappa shape index (κ3) is 4.80. The zero-order valence-corrected chi connectivity index (χ0v) is 14.0. The largest absolute Gasteiger partial charge is 0.351 e. The maximum Gasteiger partial charge on any atom is 0.230 e. The van der Waals surface area contributed by atoms with Crippen LogP contribution in [0.25, 0.3) is 0 Å². The molecule has 122 valence electrons. The van der Waals surface area contributed by atoms with Crippen LogP contribution in [0.2, 0.25) is 0 Å². The van der Waals surface area contributed by atoms with E-state index in [0.29, 0.717) is 10.9 Å². The number of thioether (sulfide) groups is 1. The van der Waals surface area contributed by atoms with Crippen LogP contribution >= 0.6 is 11.8 Å². The number of nitrogens with one attached hydrogen (secondary N) is 2. The molecule has 1 aliphatic heterocycles. The second kappa shape index (κ2) is 7.61. The molecule has 23 heavy (non-hydrogen) atoms. The Morgan fingerprint density at radius 2 is 2.26 bits per heavy atom. The standard InChI is InChI=1S/C16H21N5OS/c1-12-17-16(20-19-12)23-11-15(22)18-14-7-8-21(10-14)9-13-5-3-2-4-6-13/h2-6,14H,7-11H2,1H3,(H,18,22)(H,17,19,20). The molecule has 1 amide bonds. The minimum Gasteiger partial charge on any atom is -0.351 e. The molecule has 1 aliphatic rings. The van der Waals surface area contributed by atoms with Crippen LogP contribution in [0.1, 0.15) is 17.8 Å². The molecule has 6 nitrogen and oxygen atoms in total. The maximum atomic E-state index is 12.0. The smallest absolute Gasteiger partial charge is 0.230 e. The Balaban J connectivity index is 1.40. The molecule has 0 spiro atoms. The number of carbonyl (C=O) groups excluding carboxylic acids is 1. The predicted octanol–water partition coefficient (Wildman–Crippen LogP) is 1.60. The quantitative estimate of drug-likeness (QED) is 0.787. The van der Waals surface area contributed by atoms with Gasteiger partial charge in [0.1, 0.15) is 5.82 Å². The molecule has 0 saturated carbocycles. The highest BCUT2D eigenvalue weighted by atomic mass is 32.2. The summed E-state index contributed by atoms with van der Waals surface area (Å²) in [5.41, 5.74) is 1.31. The van der Waals surface area contributed by atoms with E-state index < -0.39 is 0 Å². The van der Waals surface area contributed by atoms with Gasteiger partial charge in [-0.25, -0.2) is 4.98 Å². The molecule has 1 aromatic heterocycles. The zero-order chi connectivity index (χ0) is 16.1. The van der Waals surface area contributed by atoms with E-state index in [0.717, 1.165) is 31.9 Å². The Morgan fingerprint density at radius 3 is 3.00 bits per heavy atom. The zero-order valence-electron chi connectivity index (χ0n) is 13.2. The molecule has 1 saturated heterocycles. The fourth-order valence-electron chi connectivity index (χ4n) is 2.72. The molecule has 0 bridgehead atoms. The van der Waals surface area contributed by atoms with Crippen molar-refractivity contribution in [3.63, 3.8) is 0 Å². The van der Waals surface area contributed by atoms with Crippen LogP contribution in [0.3, 0.4) is 0 Å². The summed E-state index contributed by atoms with van der Waals surface area (Å²) in [6.07, 6.45) is 1.00. The van der Waals surface area contributed by atoms with Gasteiger partial charge in [0.2, 0.25) is 11.1 Å². The Hall–Kier alpha value is -1.86. The lowest BCUT2D eigenvalue weighted by Crippen LogP contribution is -2.38. The molecular formula is C16H21N5OS. The van der Waals surface area contributed by atoms with Gasteiger partial charge in [-0.1, -0.05) is 42.1 Å². The van der Waals surface area contributed by atoms with Gasteiger partial charge >= 0.3 is 0 Å². The van der Waals surface area contributed by atoms with Crippen LogP contribution in [-0.2, 0) is 11.3 Å². The molecule has 1 unspecified atom stereocenters. The average Bonchev–Trinajstić information content (AvgIpc) is 3.15. The number of aryl methyl sites for hydroxylation is 1. The summed E-state index contributed by atoms with van der Waals surface area (Å²) in [5, 5.41) is 10.5. The Labute approximate surface area is 140 Å². The number of aromatic nitrogens is 3. The molecule has 7 heteroatoms. The van der Waals surface area contributed by atoms with E-state index in [2.05, 4.69) is 49.7 Å². The predicted molar refractivity (Wildman–Crippen MR) is 90.1 cm³/mol. The van der Waals surface area contributed by atoms with Crippen molar-refractivity contribution in [2.75, 3.05) is 18.8 Å². The molecule has 3 rings (SSSR count). The van der Waals surface area contributed by atoms with Crippen LogP contribution in [0.5, 0.6) is 0 Å². The topological polar surface area (TPSA) is 73.9 Å². The molecule has 2 N–H and O–H groups in total. The maximum absolute atomic E-state index is 12.0. The van der Waals surface area contributed by atoms with Gasteiger partial charge in [-0.2, -0.15) is 0 Å². The number of hydrogen-bond donors (Lipinski definition) is 2. The molecular weight excluding hydrogens is 310 g/mol. The lowest BCUT2D eigenvalue weighted by molar-refractivity contribution is -0.119. The number of carbonyl (C=O) groups is 1. The molecule has 2 aromatic rings. The number of rotatable bonds is 6. The number of amides is 1. The third-order valence-electron chi connectivity index (χ3n) is 3.80. The normalized spacial score (nSPS) is 18.2. The van der Waals surface area contributed by atoms with E-state index in [1.807, 2.05) is 13.0 Å². The van der Waals surface area contributed by atoms with Gasteiger partial charge < -0.3 is 5.32 Å². The van der Waals surface area contributed by atoms with Crippen molar-refractivity contribution in [3.8, 4) is 0 Å². The van der Waals surface area contributed by atoms with Crippen molar-refractivity contribution in [1.29, 1.82) is 0 Å². The van der Waals surface area contributed by atoms with Crippen molar-refractivity contribution in [2.24, 2.45) is 0 Å². The first-order chi connectivity index (χ1) is 11.2. The third-order valence-corrected chi connectivity index (χ3v) is 4.64. The summed E-state index contributed by atoms with van der Waals surface area (Å²) in [7, 11) is 0. The van der Waals surface area contributed by atoms with Crippen LogP contribution in [0.15, 0.2) is 35.5 Å². The van der Waals surface area contributed by atoms with Crippen LogP contribution in [-0.4, -0.2) is 50.9 Å². The van der Waals surface area contributed by atoms with E-state index in [1.165, 1.54) is 17.3 Å². The molecule has 1 atom stereocenters. The SMILES string of the molecule is Cc1nc(SCC(=O)NC2CCN(Cc3ccccc3)C2)n[nH]1. The van der Waals surface area contributed by atoms with Gasteiger partial charge in [-0.3, -0.25) is 14.8 Å². The van der Waals surface area contributed by atoms with E-state index in [9.17, 15) is 4.79 Å². The monoisotopic (exact) mass is 331 g/mol. The number of nitrogens with zero attached hydrogens (tertiary/aromatic N) is 3. The molecule has 1 fully saturated rings. The van der Waals surface area contributed by atoms with Gasteiger partial charge in [0.15, 0.2) is 0 Å². The van der Waals surface area contributed by atoms with Gasteiger partial charge in [-0.15, -0.1) is 5.10 Å². The van der Waals surface area contributed by atoms with E-state index >= 15 is 0 Å².